The third-order valence-corrected chi connectivity index (χ3v) is 3.20. The summed E-state index contributed by atoms with van der Waals surface area (Å²) in [4.78, 5) is 11.7. The predicted octanol–water partition coefficient (Wildman–Crippen LogP) is 2.51. The van der Waals surface area contributed by atoms with Gasteiger partial charge in [0.2, 0.25) is 0 Å². The van der Waals surface area contributed by atoms with Crippen molar-refractivity contribution < 1.29 is 14.3 Å². The predicted molar refractivity (Wildman–Crippen MR) is 77.2 cm³/mol. The van der Waals surface area contributed by atoms with Crippen molar-refractivity contribution in [2.75, 3.05) is 13.7 Å². The van der Waals surface area contributed by atoms with Gasteiger partial charge in [0.05, 0.1) is 7.11 Å². The highest BCUT2D eigenvalue weighted by atomic mass is 16.5. The number of amides is 1. The van der Waals surface area contributed by atoms with Crippen molar-refractivity contribution in [3.8, 4) is 11.5 Å². The Labute approximate surface area is 119 Å². The Kier molecular flexibility index (Phi) is 5.41. The normalized spacial score (nSPS) is 14.6. The molecule has 20 heavy (non-hydrogen) atoms. The van der Waals surface area contributed by atoms with Gasteiger partial charge >= 0.3 is 0 Å². The number of carbonyl (C=O) groups excluding carboxylic acids is 1. The lowest BCUT2D eigenvalue weighted by Crippen LogP contribution is -2.26. The number of hydrogen-bond acceptors (Lipinski definition) is 4. The Balaban J connectivity index is 1.80. The Morgan fingerprint density at radius 3 is 2.60 bits per heavy atom. The lowest BCUT2D eigenvalue weighted by Gasteiger charge is -2.12. The molecular weight excluding hydrogens is 256 g/mol. The van der Waals surface area contributed by atoms with Crippen LogP contribution >= 0.6 is 0 Å². The van der Waals surface area contributed by atoms with Gasteiger partial charge in [0.15, 0.2) is 18.1 Å². The summed E-state index contributed by atoms with van der Waals surface area (Å²) in [6.07, 6.45) is 5.53. The standard InChI is InChI=1S/C15H20N2O3/c1-19-13-9-5-6-10-14(13)20-11-15(18)17-16-12-7-3-2-4-8-12/h5-6,9-10H,2-4,7-8,11H2,1H3,(H,17,18). The molecule has 0 radical (unpaired) electrons. The second kappa shape index (κ2) is 7.53. The van der Waals surface area contributed by atoms with Gasteiger partial charge in [-0.05, 0) is 37.8 Å². The van der Waals surface area contributed by atoms with E-state index in [2.05, 4.69) is 10.5 Å². The van der Waals surface area contributed by atoms with E-state index in [1.54, 1.807) is 19.2 Å². The highest BCUT2D eigenvalue weighted by Gasteiger charge is 2.09. The van der Waals surface area contributed by atoms with Crippen LogP contribution in [0.15, 0.2) is 29.4 Å². The van der Waals surface area contributed by atoms with Crippen LogP contribution in [0, 0.1) is 0 Å². The summed E-state index contributed by atoms with van der Waals surface area (Å²) in [5, 5.41) is 4.14. The number of hydrogen-bond donors (Lipinski definition) is 1. The molecule has 2 rings (SSSR count). The average molecular weight is 276 g/mol. The van der Waals surface area contributed by atoms with Gasteiger partial charge in [-0.1, -0.05) is 18.6 Å². The van der Waals surface area contributed by atoms with Crippen LogP contribution in [-0.4, -0.2) is 25.3 Å². The van der Waals surface area contributed by atoms with Crippen molar-refractivity contribution >= 4 is 11.6 Å². The lowest BCUT2D eigenvalue weighted by atomic mass is 9.99. The summed E-state index contributed by atoms with van der Waals surface area (Å²) in [5.74, 6) is 0.906. The Hall–Kier alpha value is -2.04. The number of rotatable bonds is 5. The van der Waals surface area contributed by atoms with Crippen LogP contribution < -0.4 is 14.9 Å². The largest absolute Gasteiger partial charge is 0.493 e. The Morgan fingerprint density at radius 2 is 1.90 bits per heavy atom. The third-order valence-electron chi connectivity index (χ3n) is 3.20. The quantitative estimate of drug-likeness (QED) is 0.841. The van der Waals surface area contributed by atoms with Gasteiger partial charge in [-0.25, -0.2) is 5.43 Å². The Bertz CT molecular complexity index is 478. The minimum absolute atomic E-state index is 0.0723. The molecule has 1 N–H and O–H groups in total. The van der Waals surface area contributed by atoms with E-state index in [-0.39, 0.29) is 12.5 Å². The minimum Gasteiger partial charge on any atom is -0.493 e. The van der Waals surface area contributed by atoms with Crippen molar-refractivity contribution in [2.45, 2.75) is 32.1 Å². The number of benzene rings is 1. The van der Waals surface area contributed by atoms with Gasteiger partial charge < -0.3 is 9.47 Å². The zero-order valence-electron chi connectivity index (χ0n) is 11.7. The summed E-state index contributed by atoms with van der Waals surface area (Å²) >= 11 is 0. The molecule has 1 saturated carbocycles. The number of nitrogens with one attached hydrogen (secondary N) is 1. The molecule has 1 aromatic carbocycles. The van der Waals surface area contributed by atoms with Gasteiger partial charge in [-0.15, -0.1) is 0 Å². The fraction of sp³-hybridized carbons (Fsp3) is 0.467. The molecule has 1 fully saturated rings. The molecule has 1 aromatic rings. The van der Waals surface area contributed by atoms with Crippen molar-refractivity contribution in [3.63, 3.8) is 0 Å². The number of nitrogens with zero attached hydrogens (tertiary/aromatic N) is 1. The zero-order chi connectivity index (χ0) is 14.2. The molecule has 0 aliphatic heterocycles. The fourth-order valence-electron chi connectivity index (χ4n) is 2.13. The molecule has 0 atom stereocenters. The van der Waals surface area contributed by atoms with Crippen molar-refractivity contribution in [2.24, 2.45) is 5.10 Å². The molecule has 0 heterocycles. The summed E-state index contributed by atoms with van der Waals surface area (Å²) in [5.41, 5.74) is 3.61. The minimum atomic E-state index is -0.256. The van der Waals surface area contributed by atoms with E-state index >= 15 is 0 Å². The first-order valence-corrected chi connectivity index (χ1v) is 6.89. The summed E-state index contributed by atoms with van der Waals surface area (Å²) < 4.78 is 10.6. The molecule has 0 saturated heterocycles. The van der Waals surface area contributed by atoms with Crippen molar-refractivity contribution in [3.05, 3.63) is 24.3 Å². The highest BCUT2D eigenvalue weighted by molar-refractivity contribution is 5.87. The van der Waals surface area contributed by atoms with Crippen LogP contribution in [0.4, 0.5) is 0 Å². The number of methoxy groups -OCH3 is 1. The van der Waals surface area contributed by atoms with Crippen LogP contribution in [0.1, 0.15) is 32.1 Å². The first-order valence-electron chi connectivity index (χ1n) is 6.89. The molecule has 0 bridgehead atoms. The molecule has 1 aliphatic rings. The lowest BCUT2D eigenvalue weighted by molar-refractivity contribution is -0.123. The van der Waals surface area contributed by atoms with Crippen LogP contribution in [0.25, 0.3) is 0 Å². The number of carbonyl (C=O) groups is 1. The van der Waals surface area contributed by atoms with E-state index in [0.29, 0.717) is 11.5 Å². The molecular formula is C15H20N2O3. The molecule has 5 heteroatoms. The van der Waals surface area contributed by atoms with E-state index in [1.165, 1.54) is 6.42 Å². The number of ether oxygens (including phenoxy) is 2. The summed E-state index contributed by atoms with van der Waals surface area (Å²) in [6.45, 7) is -0.0723. The second-order valence-electron chi connectivity index (χ2n) is 4.71. The third kappa shape index (κ3) is 4.26. The van der Waals surface area contributed by atoms with E-state index in [0.717, 1.165) is 31.4 Å². The van der Waals surface area contributed by atoms with Crippen LogP contribution in [0.5, 0.6) is 11.5 Å². The van der Waals surface area contributed by atoms with Gasteiger partial charge in [0.25, 0.3) is 5.91 Å². The van der Waals surface area contributed by atoms with Crippen molar-refractivity contribution in [1.29, 1.82) is 0 Å². The maximum absolute atomic E-state index is 11.7. The van der Waals surface area contributed by atoms with E-state index in [1.807, 2.05) is 12.1 Å². The van der Waals surface area contributed by atoms with Gasteiger partial charge in [0.1, 0.15) is 0 Å². The number of hydrazone groups is 1. The van der Waals surface area contributed by atoms with Gasteiger partial charge in [0, 0.05) is 5.71 Å². The second-order valence-corrected chi connectivity index (χ2v) is 4.71. The summed E-state index contributed by atoms with van der Waals surface area (Å²) in [6, 6.07) is 7.23. The molecule has 0 aromatic heterocycles. The van der Waals surface area contributed by atoms with Gasteiger partial charge in [-0.2, -0.15) is 5.10 Å². The zero-order valence-corrected chi connectivity index (χ0v) is 11.7. The maximum atomic E-state index is 11.7. The Morgan fingerprint density at radius 1 is 1.20 bits per heavy atom. The topological polar surface area (TPSA) is 59.9 Å². The van der Waals surface area contributed by atoms with Gasteiger partial charge in [-0.3, -0.25) is 4.79 Å². The van der Waals surface area contributed by atoms with E-state index in [4.69, 9.17) is 9.47 Å². The molecule has 0 spiro atoms. The average Bonchev–Trinajstić information content (AvgIpc) is 2.52. The van der Waals surface area contributed by atoms with Crippen LogP contribution in [0.3, 0.4) is 0 Å². The van der Waals surface area contributed by atoms with Crippen LogP contribution in [0.2, 0.25) is 0 Å². The van der Waals surface area contributed by atoms with Crippen LogP contribution in [-0.2, 0) is 4.79 Å². The van der Waals surface area contributed by atoms with E-state index in [9.17, 15) is 4.79 Å². The first-order chi connectivity index (χ1) is 9.79. The monoisotopic (exact) mass is 276 g/mol. The fourth-order valence-corrected chi connectivity index (χ4v) is 2.13. The molecule has 1 amide bonds. The smallest absolute Gasteiger partial charge is 0.277 e. The molecule has 1 aliphatic carbocycles. The maximum Gasteiger partial charge on any atom is 0.277 e. The highest BCUT2D eigenvalue weighted by Crippen LogP contribution is 2.25. The summed E-state index contributed by atoms with van der Waals surface area (Å²) in [7, 11) is 1.57. The molecule has 108 valence electrons. The number of para-hydroxylation sites is 2. The molecule has 5 nitrogen and oxygen atoms in total. The van der Waals surface area contributed by atoms with E-state index < -0.39 is 0 Å². The van der Waals surface area contributed by atoms with Crippen molar-refractivity contribution in [1.82, 2.24) is 5.43 Å². The molecule has 0 unspecified atom stereocenters. The first kappa shape index (κ1) is 14.4. The SMILES string of the molecule is COc1ccccc1OCC(=O)NN=C1CCCCC1.